The number of hydrogen-bond donors (Lipinski definition) is 1. The summed E-state index contributed by atoms with van der Waals surface area (Å²) in [4.78, 5) is 12.5. The van der Waals surface area contributed by atoms with Crippen molar-refractivity contribution in [3.8, 4) is 11.5 Å². The van der Waals surface area contributed by atoms with Crippen molar-refractivity contribution in [2.45, 2.75) is 39.2 Å². The highest BCUT2D eigenvalue weighted by Gasteiger charge is 2.16. The topological polar surface area (TPSA) is 56.8 Å². The maximum absolute atomic E-state index is 12.5. The highest BCUT2D eigenvalue weighted by molar-refractivity contribution is 6.04. The molecule has 0 bridgehead atoms. The minimum Gasteiger partial charge on any atom is -0.494 e. The summed E-state index contributed by atoms with van der Waals surface area (Å²) in [6.07, 6.45) is 3.30. The molecule has 3 rings (SSSR count). The lowest BCUT2D eigenvalue weighted by Crippen LogP contribution is -2.16. The molecule has 5 nitrogen and oxygen atoms in total. The normalized spacial score (nSPS) is 16.2. The molecule has 0 saturated carbocycles. The highest BCUT2D eigenvalue weighted by atomic mass is 16.5. The lowest BCUT2D eigenvalue weighted by Gasteiger charge is -2.13. The van der Waals surface area contributed by atoms with Crippen molar-refractivity contribution in [1.29, 1.82) is 0 Å². The lowest BCUT2D eigenvalue weighted by molar-refractivity contribution is 0.0680. The average Bonchev–Trinajstić information content (AvgIpc) is 3.20. The van der Waals surface area contributed by atoms with Crippen molar-refractivity contribution in [2.24, 2.45) is 5.92 Å². The molecule has 1 fully saturated rings. The van der Waals surface area contributed by atoms with Gasteiger partial charge in [-0.1, -0.05) is 19.9 Å². The summed E-state index contributed by atoms with van der Waals surface area (Å²) in [7, 11) is 0. The largest absolute Gasteiger partial charge is 0.494 e. The Morgan fingerprint density at radius 2 is 1.96 bits per heavy atom. The first kappa shape index (κ1) is 20.2. The first-order valence-electron chi connectivity index (χ1n) is 9.99. The number of amides is 1. The lowest BCUT2D eigenvalue weighted by atomic mass is 10.1. The van der Waals surface area contributed by atoms with Crippen LogP contribution in [0.25, 0.3) is 0 Å². The van der Waals surface area contributed by atoms with E-state index in [2.05, 4.69) is 19.2 Å². The SMILES string of the molecule is CC(C)CCOc1ccc(C(=O)Nc2cccc(OCC3CCCO3)c2)cc1. The number of ether oxygens (including phenoxy) is 3. The van der Waals surface area contributed by atoms with E-state index in [-0.39, 0.29) is 12.0 Å². The number of anilines is 1. The van der Waals surface area contributed by atoms with Gasteiger partial charge in [0.2, 0.25) is 0 Å². The van der Waals surface area contributed by atoms with Gasteiger partial charge in [0.1, 0.15) is 18.1 Å². The number of nitrogens with one attached hydrogen (secondary N) is 1. The van der Waals surface area contributed by atoms with Gasteiger partial charge in [-0.05, 0) is 61.6 Å². The highest BCUT2D eigenvalue weighted by Crippen LogP contribution is 2.21. The molecule has 1 saturated heterocycles. The Hall–Kier alpha value is -2.53. The van der Waals surface area contributed by atoms with Crippen molar-refractivity contribution in [3.05, 3.63) is 54.1 Å². The van der Waals surface area contributed by atoms with Gasteiger partial charge in [0, 0.05) is 23.9 Å². The molecule has 1 aliphatic rings. The number of carbonyl (C=O) groups is 1. The van der Waals surface area contributed by atoms with Crippen LogP contribution >= 0.6 is 0 Å². The van der Waals surface area contributed by atoms with Gasteiger partial charge in [0.15, 0.2) is 0 Å². The zero-order valence-corrected chi connectivity index (χ0v) is 16.6. The van der Waals surface area contributed by atoms with E-state index < -0.39 is 0 Å². The Bertz CT molecular complexity index is 751. The molecule has 2 aromatic carbocycles. The predicted molar refractivity (Wildman–Crippen MR) is 110 cm³/mol. The van der Waals surface area contributed by atoms with Gasteiger partial charge in [-0.15, -0.1) is 0 Å². The third kappa shape index (κ3) is 6.27. The Labute approximate surface area is 167 Å². The molecule has 28 heavy (non-hydrogen) atoms. The zero-order valence-electron chi connectivity index (χ0n) is 16.6. The number of carbonyl (C=O) groups excluding carboxylic acids is 1. The van der Waals surface area contributed by atoms with Crippen LogP contribution in [0.3, 0.4) is 0 Å². The van der Waals surface area contributed by atoms with Crippen molar-refractivity contribution in [2.75, 3.05) is 25.1 Å². The summed E-state index contributed by atoms with van der Waals surface area (Å²) in [6, 6.07) is 14.6. The molecule has 1 atom stereocenters. The predicted octanol–water partition coefficient (Wildman–Crippen LogP) is 4.92. The molecule has 1 heterocycles. The first-order chi connectivity index (χ1) is 13.6. The Balaban J connectivity index is 1.51. The van der Waals surface area contributed by atoms with Crippen molar-refractivity contribution >= 4 is 11.6 Å². The number of rotatable bonds is 9. The van der Waals surface area contributed by atoms with Crippen LogP contribution in [-0.2, 0) is 4.74 Å². The van der Waals surface area contributed by atoms with Crippen molar-refractivity contribution < 1.29 is 19.0 Å². The van der Waals surface area contributed by atoms with Gasteiger partial charge < -0.3 is 19.5 Å². The van der Waals surface area contributed by atoms with Crippen LogP contribution in [0.5, 0.6) is 11.5 Å². The summed E-state index contributed by atoms with van der Waals surface area (Å²) in [6.45, 7) is 6.36. The number of benzene rings is 2. The van der Waals surface area contributed by atoms with E-state index in [0.717, 1.165) is 37.4 Å². The molecule has 1 amide bonds. The molecular weight excluding hydrogens is 354 g/mol. The van der Waals surface area contributed by atoms with E-state index in [1.165, 1.54) is 0 Å². The van der Waals surface area contributed by atoms with E-state index in [0.29, 0.717) is 30.4 Å². The van der Waals surface area contributed by atoms with Crippen LogP contribution < -0.4 is 14.8 Å². The van der Waals surface area contributed by atoms with Crippen LogP contribution in [0.15, 0.2) is 48.5 Å². The van der Waals surface area contributed by atoms with E-state index in [1.807, 2.05) is 36.4 Å². The van der Waals surface area contributed by atoms with Crippen LogP contribution in [0, 0.1) is 5.92 Å². The summed E-state index contributed by atoms with van der Waals surface area (Å²) >= 11 is 0. The van der Waals surface area contributed by atoms with Crippen molar-refractivity contribution in [1.82, 2.24) is 0 Å². The standard InChI is InChI=1S/C23H29NO4/c1-17(2)12-14-27-20-10-8-18(9-11-20)23(25)24-19-5-3-6-21(15-19)28-16-22-7-4-13-26-22/h3,5-6,8-11,15,17,22H,4,7,12-14,16H2,1-2H3,(H,24,25). The summed E-state index contributed by atoms with van der Waals surface area (Å²) in [5, 5.41) is 2.91. The second-order valence-electron chi connectivity index (χ2n) is 7.48. The molecule has 0 aliphatic carbocycles. The van der Waals surface area contributed by atoms with Gasteiger partial charge >= 0.3 is 0 Å². The van der Waals surface area contributed by atoms with Gasteiger partial charge in [0.25, 0.3) is 5.91 Å². The van der Waals surface area contributed by atoms with Gasteiger partial charge in [0.05, 0.1) is 12.7 Å². The van der Waals surface area contributed by atoms with Gasteiger partial charge in [-0.2, -0.15) is 0 Å². The van der Waals surface area contributed by atoms with Crippen LogP contribution in [-0.4, -0.2) is 31.8 Å². The fourth-order valence-corrected chi connectivity index (χ4v) is 2.95. The summed E-state index contributed by atoms with van der Waals surface area (Å²) in [5.41, 5.74) is 1.29. The molecule has 2 aromatic rings. The second kappa shape index (κ2) is 10.1. The maximum Gasteiger partial charge on any atom is 0.255 e. The molecule has 0 aromatic heterocycles. The monoisotopic (exact) mass is 383 g/mol. The maximum atomic E-state index is 12.5. The molecule has 1 aliphatic heterocycles. The molecular formula is C23H29NO4. The number of hydrogen-bond acceptors (Lipinski definition) is 4. The van der Waals surface area contributed by atoms with E-state index in [4.69, 9.17) is 14.2 Å². The second-order valence-corrected chi connectivity index (χ2v) is 7.48. The molecule has 0 spiro atoms. The van der Waals surface area contributed by atoms with Gasteiger partial charge in [-0.3, -0.25) is 4.79 Å². The molecule has 1 N–H and O–H groups in total. The quantitative estimate of drug-likeness (QED) is 0.668. The fraction of sp³-hybridized carbons (Fsp3) is 0.435. The molecule has 1 unspecified atom stereocenters. The Kier molecular flexibility index (Phi) is 7.31. The molecule has 0 radical (unpaired) electrons. The third-order valence-electron chi connectivity index (χ3n) is 4.63. The molecule has 5 heteroatoms. The average molecular weight is 383 g/mol. The van der Waals surface area contributed by atoms with Crippen LogP contribution in [0.1, 0.15) is 43.5 Å². The third-order valence-corrected chi connectivity index (χ3v) is 4.63. The Morgan fingerprint density at radius 3 is 2.68 bits per heavy atom. The van der Waals surface area contributed by atoms with Crippen LogP contribution in [0.2, 0.25) is 0 Å². The minimum absolute atomic E-state index is 0.162. The van der Waals surface area contributed by atoms with E-state index in [1.54, 1.807) is 12.1 Å². The smallest absolute Gasteiger partial charge is 0.255 e. The molecule has 150 valence electrons. The fourth-order valence-electron chi connectivity index (χ4n) is 2.95. The van der Waals surface area contributed by atoms with Gasteiger partial charge in [-0.25, -0.2) is 0 Å². The van der Waals surface area contributed by atoms with E-state index in [9.17, 15) is 4.79 Å². The minimum atomic E-state index is -0.162. The zero-order chi connectivity index (χ0) is 19.8. The van der Waals surface area contributed by atoms with Crippen molar-refractivity contribution in [3.63, 3.8) is 0 Å². The van der Waals surface area contributed by atoms with E-state index >= 15 is 0 Å². The Morgan fingerprint density at radius 1 is 1.14 bits per heavy atom. The van der Waals surface area contributed by atoms with Crippen LogP contribution in [0.4, 0.5) is 5.69 Å². The first-order valence-corrected chi connectivity index (χ1v) is 9.99. The summed E-state index contributed by atoms with van der Waals surface area (Å²) < 4.78 is 17.1. The summed E-state index contributed by atoms with van der Waals surface area (Å²) in [5.74, 6) is 1.95.